The van der Waals surface area contributed by atoms with Crippen LogP contribution in [0, 0.1) is 0 Å². The van der Waals surface area contributed by atoms with Gasteiger partial charge in [-0.25, -0.2) is 15.0 Å². The number of nitrogens with zero attached hydrogens (tertiary/aromatic N) is 6. The molecule has 13 aromatic rings. The Kier molecular flexibility index (Phi) is 8.18. The minimum absolute atomic E-state index is 0.552. The summed E-state index contributed by atoms with van der Waals surface area (Å²) in [6.07, 6.45) is 0. The van der Waals surface area contributed by atoms with Crippen LogP contribution < -0.4 is 0 Å². The monoisotopic (exact) mass is 818 g/mol. The number of fused-ring (bicyclic) bond motifs is 9. The lowest BCUT2D eigenvalue weighted by Crippen LogP contribution is -2.13. The predicted molar refractivity (Wildman–Crippen MR) is 263 cm³/mol. The van der Waals surface area contributed by atoms with Crippen LogP contribution in [0.25, 0.3) is 111 Å². The molecule has 0 saturated carbocycles. The Morgan fingerprint density at radius 1 is 0.297 bits per heavy atom. The number of aromatic nitrogens is 6. The van der Waals surface area contributed by atoms with Crippen molar-refractivity contribution >= 4 is 65.4 Å². The second-order valence-electron chi connectivity index (χ2n) is 16.4. The molecule has 0 unspecified atom stereocenters. The molecular formula is C58H38N6. The fraction of sp³-hybridized carbons (Fsp3) is 0.0172. The highest BCUT2D eigenvalue weighted by atomic mass is 15.1. The van der Waals surface area contributed by atoms with Crippen LogP contribution in [0.2, 0.25) is 0 Å². The first-order chi connectivity index (χ1) is 31.8. The first-order valence-electron chi connectivity index (χ1n) is 21.7. The molecule has 0 atom stereocenters. The van der Waals surface area contributed by atoms with E-state index in [2.05, 4.69) is 196 Å². The largest absolute Gasteiger partial charge is 0.336 e. The molecule has 9 aromatic carbocycles. The van der Waals surface area contributed by atoms with Crippen molar-refractivity contribution in [1.29, 1.82) is 0 Å². The summed E-state index contributed by atoms with van der Waals surface area (Å²) >= 11 is 0. The molecule has 6 heteroatoms. The molecule has 0 fully saturated rings. The molecule has 64 heavy (non-hydrogen) atoms. The van der Waals surface area contributed by atoms with E-state index >= 15 is 0 Å². The molecule has 0 saturated heterocycles. The van der Waals surface area contributed by atoms with Crippen molar-refractivity contribution < 1.29 is 0 Å². The molecule has 0 aliphatic heterocycles. The van der Waals surface area contributed by atoms with Gasteiger partial charge in [-0.05, 0) is 48.5 Å². The number of hydrogen-bond donors (Lipinski definition) is 0. The van der Waals surface area contributed by atoms with E-state index in [1.807, 2.05) is 36.4 Å². The maximum atomic E-state index is 5.41. The van der Waals surface area contributed by atoms with Gasteiger partial charge in [0.2, 0.25) is 0 Å². The van der Waals surface area contributed by atoms with Gasteiger partial charge in [0.25, 0.3) is 0 Å². The fourth-order valence-electron chi connectivity index (χ4n) is 10.0. The van der Waals surface area contributed by atoms with E-state index in [0.29, 0.717) is 24.0 Å². The van der Waals surface area contributed by atoms with Gasteiger partial charge >= 0.3 is 0 Å². The van der Waals surface area contributed by atoms with Crippen LogP contribution in [0.5, 0.6) is 0 Å². The van der Waals surface area contributed by atoms with Gasteiger partial charge in [-0.2, -0.15) is 0 Å². The lowest BCUT2D eigenvalue weighted by atomic mass is 10.0. The first kappa shape index (κ1) is 36.1. The first-order valence-corrected chi connectivity index (χ1v) is 21.7. The van der Waals surface area contributed by atoms with Crippen molar-refractivity contribution in [3.63, 3.8) is 0 Å². The summed E-state index contributed by atoms with van der Waals surface area (Å²) in [5.41, 5.74) is 12.8. The minimum atomic E-state index is 0.552. The molecule has 13 rings (SSSR count). The molecule has 0 amide bonds. The topological polar surface area (TPSA) is 53.5 Å². The second-order valence-corrected chi connectivity index (χ2v) is 16.4. The van der Waals surface area contributed by atoms with Crippen LogP contribution in [-0.2, 0) is 6.54 Å². The van der Waals surface area contributed by atoms with Crippen molar-refractivity contribution in [2.24, 2.45) is 0 Å². The Bertz CT molecular complexity index is 3710. The van der Waals surface area contributed by atoms with Gasteiger partial charge in [0.15, 0.2) is 17.5 Å². The Hall–Kier alpha value is -8.61. The summed E-state index contributed by atoms with van der Waals surface area (Å²) in [7, 11) is 0. The molecule has 6 nitrogen and oxygen atoms in total. The van der Waals surface area contributed by atoms with E-state index in [1.54, 1.807) is 0 Å². The Morgan fingerprint density at radius 2 is 0.641 bits per heavy atom. The van der Waals surface area contributed by atoms with Crippen molar-refractivity contribution in [2.75, 3.05) is 0 Å². The van der Waals surface area contributed by atoms with Crippen LogP contribution in [0.1, 0.15) is 5.56 Å². The van der Waals surface area contributed by atoms with Gasteiger partial charge in [-0.1, -0.05) is 170 Å². The lowest BCUT2D eigenvalue weighted by Gasteiger charge is -2.24. The highest BCUT2D eigenvalue weighted by Gasteiger charge is 2.27. The van der Waals surface area contributed by atoms with E-state index in [4.69, 9.17) is 15.0 Å². The molecule has 0 bridgehead atoms. The molecule has 4 heterocycles. The summed E-state index contributed by atoms with van der Waals surface area (Å²) in [4.78, 5) is 16.0. The van der Waals surface area contributed by atoms with Gasteiger partial charge in [-0.15, -0.1) is 0 Å². The maximum Gasteiger partial charge on any atom is 0.166 e. The molecule has 0 spiro atoms. The van der Waals surface area contributed by atoms with E-state index in [-0.39, 0.29) is 0 Å². The summed E-state index contributed by atoms with van der Waals surface area (Å²) in [6.45, 7) is 0.552. The average molecular weight is 819 g/mol. The number of rotatable bonds is 7. The van der Waals surface area contributed by atoms with Crippen molar-refractivity contribution in [2.45, 2.75) is 6.54 Å². The van der Waals surface area contributed by atoms with Crippen LogP contribution in [0.4, 0.5) is 0 Å². The summed E-state index contributed by atoms with van der Waals surface area (Å²) in [5, 5.41) is 7.23. The highest BCUT2D eigenvalue weighted by Crippen LogP contribution is 2.43. The molecule has 0 radical (unpaired) electrons. The zero-order chi connectivity index (χ0) is 42.1. The summed E-state index contributed by atoms with van der Waals surface area (Å²) < 4.78 is 7.43. The zero-order valence-electron chi connectivity index (χ0n) is 34.7. The molecule has 300 valence electrons. The van der Waals surface area contributed by atoms with E-state index in [1.165, 1.54) is 43.4 Å². The van der Waals surface area contributed by atoms with E-state index in [9.17, 15) is 0 Å². The third-order valence-electron chi connectivity index (χ3n) is 12.8. The molecule has 0 N–H and O–H groups in total. The predicted octanol–water partition coefficient (Wildman–Crippen LogP) is 14.2. The SMILES string of the molecule is c1ccc(-c2nc(-c3ccccc3)nc(-c3ccc(-n4c5ccccc5c5ccccc54)c(Cn4c5ccccc5c5ccccc54)c3-n3c4ccccc4c4ccccc43)n2)cc1. The highest BCUT2D eigenvalue weighted by molar-refractivity contribution is 6.12. The van der Waals surface area contributed by atoms with Crippen LogP contribution in [0.3, 0.4) is 0 Å². The number of benzene rings is 9. The molecule has 0 aliphatic carbocycles. The lowest BCUT2D eigenvalue weighted by molar-refractivity contribution is 0.849. The normalized spacial score (nSPS) is 11.8. The van der Waals surface area contributed by atoms with E-state index < -0.39 is 0 Å². The quantitative estimate of drug-likeness (QED) is 0.161. The van der Waals surface area contributed by atoms with Crippen LogP contribution in [-0.4, -0.2) is 28.7 Å². The van der Waals surface area contributed by atoms with Crippen molar-refractivity contribution in [1.82, 2.24) is 28.7 Å². The van der Waals surface area contributed by atoms with E-state index in [0.717, 1.165) is 55.7 Å². The smallest absolute Gasteiger partial charge is 0.166 e. The minimum Gasteiger partial charge on any atom is -0.336 e. The van der Waals surface area contributed by atoms with Crippen molar-refractivity contribution in [3.05, 3.63) is 224 Å². The second kappa shape index (κ2) is 14.5. The van der Waals surface area contributed by atoms with Gasteiger partial charge in [-0.3, -0.25) is 0 Å². The fourth-order valence-corrected chi connectivity index (χ4v) is 10.0. The molecular weight excluding hydrogens is 781 g/mol. The van der Waals surface area contributed by atoms with Gasteiger partial charge in [0.05, 0.1) is 40.0 Å². The average Bonchev–Trinajstić information content (AvgIpc) is 4.00. The van der Waals surface area contributed by atoms with Crippen LogP contribution in [0.15, 0.2) is 218 Å². The Balaban J connectivity index is 1.23. The number of hydrogen-bond acceptors (Lipinski definition) is 3. The van der Waals surface area contributed by atoms with Crippen LogP contribution >= 0.6 is 0 Å². The third kappa shape index (κ3) is 5.56. The van der Waals surface area contributed by atoms with Gasteiger partial charge in [0, 0.05) is 65.6 Å². The number of para-hydroxylation sites is 6. The summed E-state index contributed by atoms with van der Waals surface area (Å²) in [5.74, 6) is 1.84. The van der Waals surface area contributed by atoms with Crippen molar-refractivity contribution in [3.8, 4) is 45.5 Å². The van der Waals surface area contributed by atoms with Gasteiger partial charge in [0.1, 0.15) is 0 Å². The van der Waals surface area contributed by atoms with Gasteiger partial charge < -0.3 is 13.7 Å². The standard InChI is InChI=1S/C58H38N6/c1-3-19-38(20-4-1)56-59-57(39-21-5-2-6-22-39)61-58(60-56)46-35-36-54(63-50-31-15-9-25-42(50)43-26-10-16-32-51(43)63)47(37-62-48-29-13-7-23-40(48)41-24-8-14-30-49(41)62)55(46)64-52-33-17-11-27-44(52)45-28-12-18-34-53(45)64/h1-36H,37H2. The molecule has 0 aliphatic rings. The maximum absolute atomic E-state index is 5.41. The third-order valence-corrected chi connectivity index (χ3v) is 12.8. The Morgan fingerprint density at radius 3 is 1.08 bits per heavy atom. The zero-order valence-corrected chi connectivity index (χ0v) is 34.7. The molecule has 4 aromatic heterocycles. The Labute approximate surface area is 368 Å². The summed E-state index contributed by atoms with van der Waals surface area (Å²) in [6, 6.07) is 77.7.